The molecule has 0 radical (unpaired) electrons. The maximum atomic E-state index is 12.8. The molecule has 0 atom stereocenters. The van der Waals surface area contributed by atoms with E-state index in [1.54, 1.807) is 19.0 Å². The summed E-state index contributed by atoms with van der Waals surface area (Å²) < 4.78 is 38.4. The number of alkyl halides is 3. The van der Waals surface area contributed by atoms with Gasteiger partial charge in [0.15, 0.2) is 0 Å². The molecule has 3 rings (SSSR count). The maximum absolute atomic E-state index is 12.8. The fourth-order valence-corrected chi connectivity index (χ4v) is 4.32. The number of nitrogens with zero attached hydrogens (tertiary/aromatic N) is 2. The van der Waals surface area contributed by atoms with E-state index < -0.39 is 12.1 Å². The second-order valence-electron chi connectivity index (χ2n) is 8.28. The minimum Gasteiger partial charge on any atom is -0.382 e. The maximum Gasteiger partial charge on any atom is 0.391 e. The van der Waals surface area contributed by atoms with E-state index >= 15 is 0 Å². The summed E-state index contributed by atoms with van der Waals surface area (Å²) in [6, 6.07) is 8.33. The number of carbonyl (C=O) groups excluding carboxylic acids is 1. The molecule has 1 saturated carbocycles. The van der Waals surface area contributed by atoms with E-state index in [0.717, 1.165) is 37.1 Å². The molecule has 1 aromatic carbocycles. The molecule has 4 nitrogen and oxygen atoms in total. The zero-order valence-corrected chi connectivity index (χ0v) is 16.6. The van der Waals surface area contributed by atoms with Crippen LogP contribution in [-0.2, 0) is 4.79 Å². The molecule has 28 heavy (non-hydrogen) atoms. The predicted octanol–water partition coefficient (Wildman–Crippen LogP) is 4.52. The second kappa shape index (κ2) is 8.62. The number of nitrogens with one attached hydrogen (secondary N) is 1. The molecule has 1 amide bonds. The lowest BCUT2D eigenvalue weighted by molar-refractivity contribution is -0.179. The van der Waals surface area contributed by atoms with Gasteiger partial charge in [-0.05, 0) is 62.8 Å². The van der Waals surface area contributed by atoms with Crippen LogP contribution in [0.2, 0.25) is 0 Å². The molecular formula is C21H30F3N3O. The third kappa shape index (κ3) is 5.11. The topological polar surface area (TPSA) is 35.6 Å². The lowest BCUT2D eigenvalue weighted by atomic mass is 9.85. The van der Waals surface area contributed by atoms with Gasteiger partial charge in [0.1, 0.15) is 0 Å². The highest BCUT2D eigenvalue weighted by Gasteiger charge is 2.41. The molecule has 0 aromatic heterocycles. The van der Waals surface area contributed by atoms with Crippen LogP contribution < -0.4 is 10.2 Å². The second-order valence-corrected chi connectivity index (χ2v) is 8.28. The lowest BCUT2D eigenvalue weighted by Gasteiger charge is -2.34. The molecule has 1 aliphatic carbocycles. The number of rotatable bonds is 4. The molecule has 1 heterocycles. The van der Waals surface area contributed by atoms with Crippen molar-refractivity contribution in [2.75, 3.05) is 37.4 Å². The highest BCUT2D eigenvalue weighted by Crippen LogP contribution is 2.35. The fraction of sp³-hybridized carbons (Fsp3) is 0.667. The van der Waals surface area contributed by atoms with Crippen LogP contribution in [0.1, 0.15) is 38.5 Å². The minimum absolute atomic E-state index is 0.134. The summed E-state index contributed by atoms with van der Waals surface area (Å²) in [6.07, 6.45) is 0.00256. The first-order chi connectivity index (χ1) is 13.2. The molecule has 1 aromatic rings. The number of hydrogen-bond donors (Lipinski definition) is 1. The van der Waals surface area contributed by atoms with Gasteiger partial charge in [0.25, 0.3) is 0 Å². The molecule has 1 saturated heterocycles. The van der Waals surface area contributed by atoms with Crippen molar-refractivity contribution < 1.29 is 18.0 Å². The summed E-state index contributed by atoms with van der Waals surface area (Å²) in [5.74, 6) is -0.814. The Kier molecular flexibility index (Phi) is 6.40. The quantitative estimate of drug-likeness (QED) is 0.811. The Balaban J connectivity index is 1.47. The summed E-state index contributed by atoms with van der Waals surface area (Å²) in [5.41, 5.74) is 2.00. The number of benzene rings is 1. The fourth-order valence-electron chi connectivity index (χ4n) is 4.32. The average Bonchev–Trinajstić information content (AvgIpc) is 2.68. The Bertz CT molecular complexity index is 644. The van der Waals surface area contributed by atoms with Crippen LogP contribution in [0, 0.1) is 11.8 Å². The summed E-state index contributed by atoms with van der Waals surface area (Å²) in [4.78, 5) is 15.8. The van der Waals surface area contributed by atoms with Crippen LogP contribution in [-0.4, -0.2) is 50.2 Å². The van der Waals surface area contributed by atoms with Gasteiger partial charge in [-0.25, -0.2) is 0 Å². The number of anilines is 2. The van der Waals surface area contributed by atoms with Gasteiger partial charge in [-0.3, -0.25) is 4.79 Å². The van der Waals surface area contributed by atoms with Crippen LogP contribution in [0.15, 0.2) is 24.3 Å². The van der Waals surface area contributed by atoms with Gasteiger partial charge in [0.05, 0.1) is 5.92 Å². The number of piperidine rings is 1. The Morgan fingerprint density at radius 2 is 1.57 bits per heavy atom. The van der Waals surface area contributed by atoms with E-state index in [1.165, 1.54) is 0 Å². The highest BCUT2D eigenvalue weighted by atomic mass is 19.4. The van der Waals surface area contributed by atoms with Gasteiger partial charge >= 0.3 is 6.18 Å². The van der Waals surface area contributed by atoms with E-state index in [2.05, 4.69) is 5.32 Å². The Labute approximate surface area is 165 Å². The molecule has 1 N–H and O–H groups in total. The van der Waals surface area contributed by atoms with E-state index in [9.17, 15) is 18.0 Å². The molecule has 0 bridgehead atoms. The first-order valence-corrected chi connectivity index (χ1v) is 10.1. The van der Waals surface area contributed by atoms with E-state index in [1.807, 2.05) is 29.2 Å². The zero-order chi connectivity index (χ0) is 20.3. The first kappa shape index (κ1) is 20.8. The molecule has 1 aliphatic heterocycles. The standard InChI is InChI=1S/C21H30F3N3O/c1-26(2)20(28)15-3-5-17(6-4-15)25-18-7-9-19(10-8-18)27-13-11-16(12-14-27)21(22,23)24/h7-10,15-17,25H,3-6,11-14H2,1-2H3. The van der Waals surface area contributed by atoms with Crippen LogP contribution in [0.4, 0.5) is 24.5 Å². The number of halogens is 3. The van der Waals surface area contributed by atoms with Crippen molar-refractivity contribution in [1.82, 2.24) is 4.90 Å². The monoisotopic (exact) mass is 397 g/mol. The zero-order valence-electron chi connectivity index (χ0n) is 16.6. The van der Waals surface area contributed by atoms with Crippen molar-refractivity contribution >= 4 is 17.3 Å². The van der Waals surface area contributed by atoms with Crippen molar-refractivity contribution in [3.05, 3.63) is 24.3 Å². The lowest BCUT2D eigenvalue weighted by Crippen LogP contribution is -2.39. The highest BCUT2D eigenvalue weighted by molar-refractivity contribution is 5.78. The molecule has 2 aliphatic rings. The number of hydrogen-bond acceptors (Lipinski definition) is 3. The molecule has 2 fully saturated rings. The van der Waals surface area contributed by atoms with Crippen LogP contribution in [0.25, 0.3) is 0 Å². The Morgan fingerprint density at radius 3 is 2.07 bits per heavy atom. The molecule has 7 heteroatoms. The summed E-state index contributed by atoms with van der Waals surface area (Å²) >= 11 is 0. The van der Waals surface area contributed by atoms with Gasteiger partial charge in [-0.15, -0.1) is 0 Å². The Morgan fingerprint density at radius 1 is 1.00 bits per heavy atom. The largest absolute Gasteiger partial charge is 0.391 e. The summed E-state index contributed by atoms with van der Waals surface area (Å²) in [7, 11) is 3.61. The number of amides is 1. The average molecular weight is 397 g/mol. The van der Waals surface area contributed by atoms with Gasteiger partial charge < -0.3 is 15.1 Å². The van der Waals surface area contributed by atoms with Crippen molar-refractivity contribution in [3.8, 4) is 0 Å². The van der Waals surface area contributed by atoms with Gasteiger partial charge in [-0.1, -0.05) is 0 Å². The summed E-state index contributed by atoms with van der Waals surface area (Å²) in [6.45, 7) is 0.891. The SMILES string of the molecule is CN(C)C(=O)C1CCC(Nc2ccc(N3CCC(C(F)(F)F)CC3)cc2)CC1. The van der Waals surface area contributed by atoms with E-state index in [4.69, 9.17) is 0 Å². The Hall–Kier alpha value is -1.92. The third-order valence-electron chi connectivity index (χ3n) is 6.08. The van der Waals surface area contributed by atoms with Gasteiger partial charge in [-0.2, -0.15) is 13.2 Å². The van der Waals surface area contributed by atoms with Crippen molar-refractivity contribution in [3.63, 3.8) is 0 Å². The normalized spacial score (nSPS) is 24.1. The van der Waals surface area contributed by atoms with Crippen LogP contribution >= 0.6 is 0 Å². The molecule has 0 unspecified atom stereocenters. The predicted molar refractivity (Wildman–Crippen MR) is 105 cm³/mol. The molecule has 0 spiro atoms. The number of carbonyl (C=O) groups is 1. The van der Waals surface area contributed by atoms with Crippen molar-refractivity contribution in [1.29, 1.82) is 0 Å². The van der Waals surface area contributed by atoms with E-state index in [-0.39, 0.29) is 24.7 Å². The first-order valence-electron chi connectivity index (χ1n) is 10.1. The van der Waals surface area contributed by atoms with Crippen molar-refractivity contribution in [2.24, 2.45) is 11.8 Å². The molecular weight excluding hydrogens is 367 g/mol. The summed E-state index contributed by atoms with van der Waals surface area (Å²) in [5, 5.41) is 3.53. The smallest absolute Gasteiger partial charge is 0.382 e. The van der Waals surface area contributed by atoms with Gasteiger partial charge in [0.2, 0.25) is 5.91 Å². The minimum atomic E-state index is -4.07. The van der Waals surface area contributed by atoms with Crippen molar-refractivity contribution in [2.45, 2.75) is 50.7 Å². The molecule has 156 valence electrons. The van der Waals surface area contributed by atoms with E-state index in [0.29, 0.717) is 19.1 Å². The third-order valence-corrected chi connectivity index (χ3v) is 6.08. The van der Waals surface area contributed by atoms with Gasteiger partial charge in [0, 0.05) is 50.5 Å². The van der Waals surface area contributed by atoms with Crippen LogP contribution in [0.3, 0.4) is 0 Å². The van der Waals surface area contributed by atoms with Crippen LogP contribution in [0.5, 0.6) is 0 Å².